The first kappa shape index (κ1) is 23.9. The summed E-state index contributed by atoms with van der Waals surface area (Å²) in [5, 5.41) is 7.95. The molecule has 4 rings (SSSR count). The van der Waals surface area contributed by atoms with Crippen LogP contribution < -0.4 is 5.32 Å². The van der Waals surface area contributed by atoms with Gasteiger partial charge in [-0.25, -0.2) is 0 Å². The lowest BCUT2D eigenvalue weighted by Gasteiger charge is -2.21. The smallest absolute Gasteiger partial charge is 0.271 e. The fraction of sp³-hybridized carbons (Fsp3) is 0.231. The van der Waals surface area contributed by atoms with Crippen molar-refractivity contribution >= 4 is 28.6 Å². The summed E-state index contributed by atoms with van der Waals surface area (Å²) in [6.07, 6.45) is 1.94. The van der Waals surface area contributed by atoms with Gasteiger partial charge in [-0.3, -0.25) is 24.0 Å². The molecule has 0 saturated heterocycles. The van der Waals surface area contributed by atoms with Crippen molar-refractivity contribution in [2.45, 2.75) is 6.54 Å². The van der Waals surface area contributed by atoms with E-state index in [1.807, 2.05) is 43.6 Å². The Kier molecular flexibility index (Phi) is 6.52. The topological polar surface area (TPSA) is 96.8 Å². The summed E-state index contributed by atoms with van der Waals surface area (Å²) < 4.78 is 6.72. The quantitative estimate of drug-likeness (QED) is 0.507. The molecule has 0 atom stereocenters. The number of aryl methyl sites for hydroxylation is 1. The van der Waals surface area contributed by atoms with Crippen LogP contribution in [0.25, 0.3) is 22.0 Å². The van der Waals surface area contributed by atoms with E-state index < -0.39 is 11.8 Å². The maximum atomic E-state index is 13.1. The molecule has 1 aliphatic heterocycles. The number of ether oxygens (including phenoxy) is 1. The third kappa shape index (κ3) is 4.58. The molecule has 3 amide bonds. The van der Waals surface area contributed by atoms with Crippen molar-refractivity contribution < 1.29 is 19.1 Å². The fourth-order valence-corrected chi connectivity index (χ4v) is 4.07. The van der Waals surface area contributed by atoms with Gasteiger partial charge in [0.25, 0.3) is 17.7 Å². The van der Waals surface area contributed by atoms with E-state index in [4.69, 9.17) is 4.74 Å². The summed E-state index contributed by atoms with van der Waals surface area (Å²) >= 11 is 0. The maximum Gasteiger partial charge on any atom is 0.271 e. The average molecular weight is 474 g/mol. The number of benzene rings is 2. The second kappa shape index (κ2) is 9.55. The molecule has 1 aliphatic rings. The van der Waals surface area contributed by atoms with Crippen LogP contribution in [0.5, 0.6) is 0 Å². The van der Waals surface area contributed by atoms with Gasteiger partial charge < -0.3 is 15.0 Å². The molecule has 1 N–H and O–H groups in total. The lowest BCUT2D eigenvalue weighted by Crippen LogP contribution is -2.40. The molecular formula is C26H27N5O4. The van der Waals surface area contributed by atoms with Crippen LogP contribution in [0, 0.1) is 0 Å². The van der Waals surface area contributed by atoms with Crippen LogP contribution in [0.1, 0.15) is 15.9 Å². The maximum absolute atomic E-state index is 13.1. The van der Waals surface area contributed by atoms with Crippen LogP contribution in [-0.4, -0.2) is 64.6 Å². The standard InChI is InChI=1S/C26H27N5O4/c1-16(25(33)29(3)11-12-35-5)27-24(32)17(2)31-15-22-20(7-6-8-21(22)26(31)34)18-9-10-19-14-30(4)28-23(19)13-18/h6-10,13-14H,1-2,11-12,15H2,3-5H3,(H,27,32). The number of amides is 3. The van der Waals surface area contributed by atoms with Gasteiger partial charge in [-0.1, -0.05) is 37.4 Å². The minimum absolute atomic E-state index is 0.0641. The van der Waals surface area contributed by atoms with Crippen molar-refractivity contribution in [3.8, 4) is 11.1 Å². The molecule has 0 bridgehead atoms. The summed E-state index contributed by atoms with van der Waals surface area (Å²) in [6, 6.07) is 11.5. The molecule has 180 valence electrons. The molecule has 0 saturated carbocycles. The Hall–Kier alpha value is -4.24. The van der Waals surface area contributed by atoms with E-state index >= 15 is 0 Å². The molecule has 2 heterocycles. The predicted molar refractivity (Wildman–Crippen MR) is 132 cm³/mol. The molecule has 9 heteroatoms. The predicted octanol–water partition coefficient (Wildman–Crippen LogP) is 2.44. The molecule has 0 aliphatic carbocycles. The lowest BCUT2D eigenvalue weighted by atomic mass is 9.96. The highest BCUT2D eigenvalue weighted by atomic mass is 16.5. The van der Waals surface area contributed by atoms with E-state index in [1.54, 1.807) is 17.8 Å². The lowest BCUT2D eigenvalue weighted by molar-refractivity contribution is -0.128. The Balaban J connectivity index is 1.52. The van der Waals surface area contributed by atoms with E-state index in [0.29, 0.717) is 18.7 Å². The molecule has 35 heavy (non-hydrogen) atoms. The number of rotatable bonds is 8. The van der Waals surface area contributed by atoms with Gasteiger partial charge in [0.05, 0.1) is 24.4 Å². The second-order valence-corrected chi connectivity index (χ2v) is 8.40. The van der Waals surface area contributed by atoms with Crippen LogP contribution >= 0.6 is 0 Å². The molecule has 2 aromatic carbocycles. The van der Waals surface area contributed by atoms with Crippen molar-refractivity contribution in [2.75, 3.05) is 27.3 Å². The summed E-state index contributed by atoms with van der Waals surface area (Å²) in [4.78, 5) is 41.1. The number of aromatic nitrogens is 2. The Morgan fingerprint density at radius 3 is 2.69 bits per heavy atom. The van der Waals surface area contributed by atoms with Gasteiger partial charge in [0.1, 0.15) is 5.70 Å². The highest BCUT2D eigenvalue weighted by molar-refractivity contribution is 6.08. The van der Waals surface area contributed by atoms with E-state index in [2.05, 4.69) is 23.6 Å². The minimum atomic E-state index is -0.666. The molecular weight excluding hydrogens is 446 g/mol. The number of carbonyl (C=O) groups is 3. The highest BCUT2D eigenvalue weighted by Gasteiger charge is 2.33. The molecule has 0 fully saturated rings. The van der Waals surface area contributed by atoms with Crippen LogP contribution in [-0.2, 0) is 27.9 Å². The Morgan fingerprint density at radius 1 is 1.20 bits per heavy atom. The van der Waals surface area contributed by atoms with Crippen LogP contribution in [0.2, 0.25) is 0 Å². The van der Waals surface area contributed by atoms with E-state index in [0.717, 1.165) is 27.6 Å². The van der Waals surface area contributed by atoms with Gasteiger partial charge in [-0.15, -0.1) is 0 Å². The van der Waals surface area contributed by atoms with Gasteiger partial charge in [0.2, 0.25) is 0 Å². The molecule has 0 radical (unpaired) electrons. The summed E-state index contributed by atoms with van der Waals surface area (Å²) in [7, 11) is 4.98. The Labute approximate surface area is 203 Å². The third-order valence-electron chi connectivity index (χ3n) is 5.99. The number of hydrogen-bond acceptors (Lipinski definition) is 5. The van der Waals surface area contributed by atoms with Gasteiger partial charge in [0, 0.05) is 44.9 Å². The molecule has 9 nitrogen and oxygen atoms in total. The van der Waals surface area contributed by atoms with Crippen molar-refractivity contribution in [3.63, 3.8) is 0 Å². The van der Waals surface area contributed by atoms with Crippen molar-refractivity contribution in [3.05, 3.63) is 78.3 Å². The van der Waals surface area contributed by atoms with Crippen LogP contribution in [0.4, 0.5) is 0 Å². The van der Waals surface area contributed by atoms with Crippen molar-refractivity contribution in [1.82, 2.24) is 24.9 Å². The summed E-state index contributed by atoms with van der Waals surface area (Å²) in [5.41, 5.74) is 3.80. The molecule has 0 unspecified atom stereocenters. The number of nitrogens with zero attached hydrogens (tertiary/aromatic N) is 4. The molecule has 3 aromatic rings. The number of carbonyl (C=O) groups excluding carboxylic acids is 3. The zero-order valence-electron chi connectivity index (χ0n) is 20.0. The molecule has 0 spiro atoms. The third-order valence-corrected chi connectivity index (χ3v) is 5.99. The first-order valence-electron chi connectivity index (χ1n) is 11.0. The van der Waals surface area contributed by atoms with Crippen LogP contribution in [0.3, 0.4) is 0 Å². The van der Waals surface area contributed by atoms with Crippen LogP contribution in [0.15, 0.2) is 67.1 Å². The van der Waals surface area contributed by atoms with Gasteiger partial charge in [-0.2, -0.15) is 5.10 Å². The number of fused-ring (bicyclic) bond motifs is 2. The monoisotopic (exact) mass is 473 g/mol. The largest absolute Gasteiger partial charge is 0.383 e. The average Bonchev–Trinajstić information content (AvgIpc) is 3.39. The summed E-state index contributed by atoms with van der Waals surface area (Å²) in [6.45, 7) is 8.36. The second-order valence-electron chi connectivity index (χ2n) is 8.40. The number of methoxy groups -OCH3 is 1. The minimum Gasteiger partial charge on any atom is -0.383 e. The highest BCUT2D eigenvalue weighted by Crippen LogP contribution is 2.35. The van der Waals surface area contributed by atoms with E-state index in [1.165, 1.54) is 16.9 Å². The van der Waals surface area contributed by atoms with Crippen molar-refractivity contribution in [2.24, 2.45) is 7.05 Å². The zero-order chi connectivity index (χ0) is 25.3. The Morgan fingerprint density at radius 2 is 1.94 bits per heavy atom. The number of likely N-dealkylation sites (N-methyl/N-ethyl adjacent to an activating group) is 1. The summed E-state index contributed by atoms with van der Waals surface area (Å²) in [5.74, 6) is -1.44. The van der Waals surface area contributed by atoms with E-state index in [9.17, 15) is 14.4 Å². The normalized spacial score (nSPS) is 12.5. The van der Waals surface area contributed by atoms with Gasteiger partial charge in [0.15, 0.2) is 0 Å². The first-order valence-corrected chi connectivity index (χ1v) is 11.0. The van der Waals surface area contributed by atoms with E-state index in [-0.39, 0.29) is 23.8 Å². The van der Waals surface area contributed by atoms with Crippen molar-refractivity contribution in [1.29, 1.82) is 0 Å². The van der Waals surface area contributed by atoms with Gasteiger partial charge in [-0.05, 0) is 28.8 Å². The Bertz CT molecular complexity index is 1370. The van der Waals surface area contributed by atoms with Gasteiger partial charge >= 0.3 is 0 Å². The first-order chi connectivity index (χ1) is 16.7. The number of nitrogens with one attached hydrogen (secondary N) is 1. The fourth-order valence-electron chi connectivity index (χ4n) is 4.07. The SMILES string of the molecule is C=C(NC(=O)C(=C)N1Cc2c(cccc2-c2ccc3cn(C)nc3c2)C1=O)C(=O)N(C)CCOC. The number of hydrogen-bond donors (Lipinski definition) is 1. The zero-order valence-corrected chi connectivity index (χ0v) is 20.0. The molecule has 1 aromatic heterocycles.